The summed E-state index contributed by atoms with van der Waals surface area (Å²) in [5.74, 6) is 0. The minimum absolute atomic E-state index is 0.728. The van der Waals surface area contributed by atoms with Crippen LogP contribution in [0.15, 0.2) is 54.6 Å². The summed E-state index contributed by atoms with van der Waals surface area (Å²) in [7, 11) is 0. The van der Waals surface area contributed by atoms with Crippen molar-refractivity contribution in [1.82, 2.24) is 0 Å². The molecule has 0 bridgehead atoms. The number of hydrogen-bond acceptors (Lipinski definition) is 2. The molecule has 0 spiro atoms. The van der Waals surface area contributed by atoms with E-state index < -0.39 is 0 Å². The van der Waals surface area contributed by atoms with Crippen LogP contribution < -0.4 is 4.90 Å². The SMILES string of the molecule is CCCCN(Cc1cccc(C#N)c1)c1ccccc1. The molecule has 0 saturated heterocycles. The first-order chi connectivity index (χ1) is 9.83. The number of nitrogens with zero attached hydrogens (tertiary/aromatic N) is 2. The molecule has 0 amide bonds. The van der Waals surface area contributed by atoms with Gasteiger partial charge in [0.25, 0.3) is 0 Å². The highest BCUT2D eigenvalue weighted by molar-refractivity contribution is 5.47. The van der Waals surface area contributed by atoms with E-state index in [4.69, 9.17) is 5.26 Å². The molecule has 2 rings (SSSR count). The monoisotopic (exact) mass is 264 g/mol. The average molecular weight is 264 g/mol. The van der Waals surface area contributed by atoms with Crippen molar-refractivity contribution in [3.8, 4) is 6.07 Å². The molecule has 0 heterocycles. The van der Waals surface area contributed by atoms with E-state index in [0.717, 1.165) is 18.7 Å². The second-order valence-electron chi connectivity index (χ2n) is 4.92. The molecule has 0 N–H and O–H groups in total. The highest BCUT2D eigenvalue weighted by Crippen LogP contribution is 2.18. The molecule has 102 valence electrons. The molecule has 0 radical (unpaired) electrons. The lowest BCUT2D eigenvalue weighted by Crippen LogP contribution is -2.23. The van der Waals surface area contributed by atoms with Crippen LogP contribution in [0.25, 0.3) is 0 Å². The number of hydrogen-bond donors (Lipinski definition) is 0. The Hall–Kier alpha value is -2.27. The quantitative estimate of drug-likeness (QED) is 0.775. The van der Waals surface area contributed by atoms with Crippen LogP contribution in [-0.2, 0) is 6.54 Å². The Labute approximate surface area is 121 Å². The van der Waals surface area contributed by atoms with Gasteiger partial charge >= 0.3 is 0 Å². The zero-order valence-electron chi connectivity index (χ0n) is 11.9. The number of nitriles is 1. The van der Waals surface area contributed by atoms with E-state index in [1.54, 1.807) is 0 Å². The molecule has 0 aliphatic carbocycles. The summed E-state index contributed by atoms with van der Waals surface area (Å²) < 4.78 is 0. The molecule has 0 saturated carbocycles. The minimum Gasteiger partial charge on any atom is -0.367 e. The fourth-order valence-corrected chi connectivity index (χ4v) is 2.25. The molecule has 0 unspecified atom stereocenters. The largest absolute Gasteiger partial charge is 0.367 e. The normalized spacial score (nSPS) is 10.0. The van der Waals surface area contributed by atoms with Crippen molar-refractivity contribution in [3.05, 3.63) is 65.7 Å². The summed E-state index contributed by atoms with van der Waals surface area (Å²) in [6, 6.07) is 20.5. The summed E-state index contributed by atoms with van der Waals surface area (Å²) in [6.45, 7) is 4.09. The lowest BCUT2D eigenvalue weighted by Gasteiger charge is -2.25. The van der Waals surface area contributed by atoms with Gasteiger partial charge in [-0.3, -0.25) is 0 Å². The van der Waals surface area contributed by atoms with Gasteiger partial charge in [-0.25, -0.2) is 0 Å². The van der Waals surface area contributed by atoms with Crippen LogP contribution in [0.3, 0.4) is 0 Å². The van der Waals surface area contributed by atoms with Gasteiger partial charge in [0, 0.05) is 18.8 Å². The maximum Gasteiger partial charge on any atom is 0.0991 e. The molecule has 2 nitrogen and oxygen atoms in total. The van der Waals surface area contributed by atoms with Crippen molar-refractivity contribution < 1.29 is 0 Å². The predicted molar refractivity (Wildman–Crippen MR) is 83.6 cm³/mol. The lowest BCUT2D eigenvalue weighted by atomic mass is 10.1. The Morgan fingerprint density at radius 1 is 1.05 bits per heavy atom. The van der Waals surface area contributed by atoms with Crippen LogP contribution in [0.1, 0.15) is 30.9 Å². The van der Waals surface area contributed by atoms with E-state index >= 15 is 0 Å². The van der Waals surface area contributed by atoms with Crippen LogP contribution in [0.2, 0.25) is 0 Å². The number of unbranched alkanes of at least 4 members (excludes halogenated alkanes) is 1. The molecule has 0 aliphatic rings. The van der Waals surface area contributed by atoms with Gasteiger partial charge in [-0.1, -0.05) is 43.7 Å². The van der Waals surface area contributed by atoms with Gasteiger partial charge in [-0.05, 0) is 36.2 Å². The third kappa shape index (κ3) is 3.86. The van der Waals surface area contributed by atoms with E-state index in [-0.39, 0.29) is 0 Å². The summed E-state index contributed by atoms with van der Waals surface area (Å²) in [5, 5.41) is 8.99. The van der Waals surface area contributed by atoms with E-state index in [1.165, 1.54) is 24.1 Å². The summed E-state index contributed by atoms with van der Waals surface area (Å²) >= 11 is 0. The predicted octanol–water partition coefficient (Wildman–Crippen LogP) is 4.36. The Morgan fingerprint density at radius 2 is 1.85 bits per heavy atom. The minimum atomic E-state index is 0.728. The molecule has 0 aliphatic heterocycles. The van der Waals surface area contributed by atoms with Gasteiger partial charge in [0.1, 0.15) is 0 Å². The fourth-order valence-electron chi connectivity index (χ4n) is 2.25. The second-order valence-corrected chi connectivity index (χ2v) is 4.92. The first kappa shape index (κ1) is 14.1. The lowest BCUT2D eigenvalue weighted by molar-refractivity contribution is 0.716. The van der Waals surface area contributed by atoms with E-state index in [0.29, 0.717) is 0 Å². The van der Waals surface area contributed by atoms with E-state index in [9.17, 15) is 0 Å². The van der Waals surface area contributed by atoms with Crippen molar-refractivity contribution in [2.45, 2.75) is 26.3 Å². The summed E-state index contributed by atoms with van der Waals surface area (Å²) in [5.41, 5.74) is 3.15. The Bertz CT molecular complexity index is 569. The smallest absolute Gasteiger partial charge is 0.0991 e. The summed E-state index contributed by atoms with van der Waals surface area (Å²) in [6.07, 6.45) is 2.36. The molecule has 2 aromatic carbocycles. The zero-order chi connectivity index (χ0) is 14.2. The van der Waals surface area contributed by atoms with Crippen molar-refractivity contribution in [1.29, 1.82) is 5.26 Å². The van der Waals surface area contributed by atoms with Crippen molar-refractivity contribution in [2.24, 2.45) is 0 Å². The van der Waals surface area contributed by atoms with Crippen molar-refractivity contribution in [2.75, 3.05) is 11.4 Å². The Morgan fingerprint density at radius 3 is 2.55 bits per heavy atom. The standard InChI is InChI=1S/C18H20N2/c1-2-3-12-20(18-10-5-4-6-11-18)15-17-9-7-8-16(13-17)14-19/h4-11,13H,2-3,12,15H2,1H3. The highest BCUT2D eigenvalue weighted by Gasteiger charge is 2.07. The van der Waals surface area contributed by atoms with Gasteiger partial charge in [-0.15, -0.1) is 0 Å². The van der Waals surface area contributed by atoms with Crippen LogP contribution in [0.5, 0.6) is 0 Å². The topological polar surface area (TPSA) is 27.0 Å². The van der Waals surface area contributed by atoms with Crippen molar-refractivity contribution in [3.63, 3.8) is 0 Å². The molecule has 0 aromatic heterocycles. The number of para-hydroxylation sites is 1. The molecule has 2 aromatic rings. The van der Waals surface area contributed by atoms with Crippen LogP contribution in [0, 0.1) is 11.3 Å². The maximum absolute atomic E-state index is 8.99. The number of anilines is 1. The molecular weight excluding hydrogens is 244 g/mol. The van der Waals surface area contributed by atoms with Crippen LogP contribution >= 0.6 is 0 Å². The first-order valence-corrected chi connectivity index (χ1v) is 7.12. The maximum atomic E-state index is 8.99. The van der Waals surface area contributed by atoms with E-state index in [1.807, 2.05) is 24.3 Å². The molecule has 2 heteroatoms. The van der Waals surface area contributed by atoms with Crippen LogP contribution in [-0.4, -0.2) is 6.54 Å². The van der Waals surface area contributed by atoms with Gasteiger partial charge < -0.3 is 4.90 Å². The third-order valence-corrected chi connectivity index (χ3v) is 3.33. The molecule has 20 heavy (non-hydrogen) atoms. The van der Waals surface area contributed by atoms with Gasteiger partial charge in [0.2, 0.25) is 0 Å². The third-order valence-electron chi connectivity index (χ3n) is 3.33. The first-order valence-electron chi connectivity index (χ1n) is 7.12. The number of benzene rings is 2. The summed E-state index contributed by atoms with van der Waals surface area (Å²) in [4.78, 5) is 2.37. The van der Waals surface area contributed by atoms with Crippen LogP contribution in [0.4, 0.5) is 5.69 Å². The Kier molecular flexibility index (Phi) is 5.20. The average Bonchev–Trinajstić information content (AvgIpc) is 2.52. The van der Waals surface area contributed by atoms with Crippen molar-refractivity contribution >= 4 is 5.69 Å². The second kappa shape index (κ2) is 7.35. The zero-order valence-corrected chi connectivity index (χ0v) is 11.9. The highest BCUT2D eigenvalue weighted by atomic mass is 15.1. The molecular formula is C18H20N2. The van der Waals surface area contributed by atoms with E-state index in [2.05, 4.69) is 48.2 Å². The van der Waals surface area contributed by atoms with Gasteiger partial charge in [0.15, 0.2) is 0 Å². The molecule has 0 atom stereocenters. The van der Waals surface area contributed by atoms with Gasteiger partial charge in [0.05, 0.1) is 11.6 Å². The molecule has 0 fully saturated rings. The fraction of sp³-hybridized carbons (Fsp3) is 0.278. The Balaban J connectivity index is 2.17. The number of rotatable bonds is 6. The van der Waals surface area contributed by atoms with Gasteiger partial charge in [-0.2, -0.15) is 5.26 Å².